The highest BCUT2D eigenvalue weighted by Gasteiger charge is 2.09. The number of rotatable bonds is 3. The van der Waals surface area contributed by atoms with Crippen molar-refractivity contribution in [1.29, 1.82) is 0 Å². The molecule has 0 amide bonds. The van der Waals surface area contributed by atoms with Crippen molar-refractivity contribution in [1.82, 2.24) is 4.98 Å². The molecule has 0 aliphatic heterocycles. The van der Waals surface area contributed by atoms with Crippen LogP contribution >= 0.6 is 15.9 Å². The number of aromatic nitrogens is 1. The van der Waals surface area contributed by atoms with Crippen molar-refractivity contribution in [2.24, 2.45) is 0 Å². The van der Waals surface area contributed by atoms with Crippen LogP contribution in [0.25, 0.3) is 0 Å². The lowest BCUT2D eigenvalue weighted by Gasteiger charge is -2.18. The molecule has 88 valence electrons. The third-order valence-corrected chi connectivity index (χ3v) is 3.50. The first-order valence-corrected chi connectivity index (χ1v) is 6.39. The summed E-state index contributed by atoms with van der Waals surface area (Å²) in [6.07, 6.45) is 3.67. The summed E-state index contributed by atoms with van der Waals surface area (Å²) < 4.78 is 1.13. The Balaban J connectivity index is 2.20. The van der Waals surface area contributed by atoms with Gasteiger partial charge in [0.25, 0.3) is 0 Å². The number of hydrogen-bond acceptors (Lipinski definition) is 2. The van der Waals surface area contributed by atoms with Crippen LogP contribution < -0.4 is 5.32 Å². The Morgan fingerprint density at radius 3 is 2.71 bits per heavy atom. The smallest absolute Gasteiger partial charge is 0.0561 e. The third-order valence-electron chi connectivity index (χ3n) is 2.78. The zero-order chi connectivity index (χ0) is 12.3. The number of benzene rings is 1. The maximum Gasteiger partial charge on any atom is 0.0561 e. The largest absolute Gasteiger partial charge is 0.377 e. The van der Waals surface area contributed by atoms with Crippen molar-refractivity contribution in [3.05, 3.63) is 58.3 Å². The first kappa shape index (κ1) is 12.1. The monoisotopic (exact) mass is 290 g/mol. The number of hydrogen-bond donors (Lipinski definition) is 1. The molecule has 0 fully saturated rings. The minimum absolute atomic E-state index is 0.244. The van der Waals surface area contributed by atoms with Crippen LogP contribution in [0.1, 0.15) is 24.1 Å². The van der Waals surface area contributed by atoms with Crippen molar-refractivity contribution in [2.75, 3.05) is 5.32 Å². The van der Waals surface area contributed by atoms with E-state index < -0.39 is 0 Å². The van der Waals surface area contributed by atoms with Crippen molar-refractivity contribution in [2.45, 2.75) is 19.9 Å². The van der Waals surface area contributed by atoms with E-state index in [1.165, 1.54) is 11.1 Å². The molecule has 0 bridgehead atoms. The fraction of sp³-hybridized carbons (Fsp3) is 0.214. The molecule has 0 saturated heterocycles. The van der Waals surface area contributed by atoms with Crippen LogP contribution in [-0.2, 0) is 0 Å². The van der Waals surface area contributed by atoms with Crippen LogP contribution in [-0.4, -0.2) is 4.98 Å². The van der Waals surface area contributed by atoms with Gasteiger partial charge in [0.05, 0.1) is 11.9 Å². The Bertz CT molecular complexity index is 511. The van der Waals surface area contributed by atoms with E-state index in [2.05, 4.69) is 52.2 Å². The van der Waals surface area contributed by atoms with E-state index in [9.17, 15) is 0 Å². The second-order valence-electron chi connectivity index (χ2n) is 4.08. The molecular weight excluding hydrogens is 276 g/mol. The highest BCUT2D eigenvalue weighted by atomic mass is 79.9. The van der Waals surface area contributed by atoms with Gasteiger partial charge < -0.3 is 5.32 Å². The van der Waals surface area contributed by atoms with Gasteiger partial charge in [-0.1, -0.05) is 34.1 Å². The number of anilines is 1. The summed E-state index contributed by atoms with van der Waals surface area (Å²) in [5.74, 6) is 0. The second-order valence-corrected chi connectivity index (χ2v) is 4.93. The molecule has 0 aliphatic rings. The number of nitrogens with zero attached hydrogens (tertiary/aromatic N) is 1. The predicted octanol–water partition coefficient (Wildman–Crippen LogP) is 4.33. The zero-order valence-corrected chi connectivity index (χ0v) is 11.5. The molecule has 0 radical (unpaired) electrons. The summed E-state index contributed by atoms with van der Waals surface area (Å²) in [4.78, 5) is 4.14. The number of aryl methyl sites for hydroxylation is 1. The summed E-state index contributed by atoms with van der Waals surface area (Å²) in [5.41, 5.74) is 3.53. The van der Waals surface area contributed by atoms with E-state index in [0.717, 1.165) is 10.2 Å². The average molecular weight is 291 g/mol. The van der Waals surface area contributed by atoms with Crippen LogP contribution in [0.3, 0.4) is 0 Å². The van der Waals surface area contributed by atoms with Crippen molar-refractivity contribution in [3.63, 3.8) is 0 Å². The van der Waals surface area contributed by atoms with E-state index in [1.54, 1.807) is 0 Å². The molecule has 1 aromatic heterocycles. The summed E-state index contributed by atoms with van der Waals surface area (Å²) in [6.45, 7) is 4.23. The van der Waals surface area contributed by atoms with E-state index in [0.29, 0.717) is 0 Å². The average Bonchev–Trinajstić information content (AvgIpc) is 2.32. The Labute approximate surface area is 110 Å². The Hall–Kier alpha value is -1.35. The number of pyridine rings is 1. The minimum Gasteiger partial charge on any atom is -0.377 e. The molecule has 0 saturated carbocycles. The van der Waals surface area contributed by atoms with Gasteiger partial charge in [-0.3, -0.25) is 4.98 Å². The molecule has 2 nitrogen and oxygen atoms in total. The number of nitrogens with one attached hydrogen (secondary N) is 1. The van der Waals surface area contributed by atoms with Gasteiger partial charge in [-0.2, -0.15) is 0 Å². The molecule has 1 atom stereocenters. The highest BCUT2D eigenvalue weighted by molar-refractivity contribution is 9.10. The maximum atomic E-state index is 4.14. The third kappa shape index (κ3) is 2.86. The SMILES string of the molecule is Cc1ccncc1NC(C)c1ccccc1Br. The lowest BCUT2D eigenvalue weighted by atomic mass is 10.1. The molecular formula is C14H15BrN2. The molecule has 3 heteroatoms. The molecule has 2 rings (SSSR count). The fourth-order valence-electron chi connectivity index (χ4n) is 1.75. The molecule has 0 aliphatic carbocycles. The van der Waals surface area contributed by atoms with Gasteiger partial charge in [0, 0.05) is 16.7 Å². The zero-order valence-electron chi connectivity index (χ0n) is 9.94. The van der Waals surface area contributed by atoms with Gasteiger partial charge in [0.1, 0.15) is 0 Å². The van der Waals surface area contributed by atoms with Crippen LogP contribution in [0.5, 0.6) is 0 Å². The molecule has 1 unspecified atom stereocenters. The highest BCUT2D eigenvalue weighted by Crippen LogP contribution is 2.26. The molecule has 1 aromatic carbocycles. The summed E-state index contributed by atoms with van der Waals surface area (Å²) in [5, 5.41) is 3.47. The van der Waals surface area contributed by atoms with E-state index >= 15 is 0 Å². The first-order valence-electron chi connectivity index (χ1n) is 5.60. The van der Waals surface area contributed by atoms with Gasteiger partial charge in [-0.15, -0.1) is 0 Å². The van der Waals surface area contributed by atoms with E-state index in [-0.39, 0.29) is 6.04 Å². The summed E-state index contributed by atoms with van der Waals surface area (Å²) in [7, 11) is 0. The van der Waals surface area contributed by atoms with Crippen molar-refractivity contribution < 1.29 is 0 Å². The van der Waals surface area contributed by atoms with Crippen LogP contribution in [0.15, 0.2) is 47.2 Å². The Morgan fingerprint density at radius 1 is 1.24 bits per heavy atom. The molecule has 2 aromatic rings. The standard InChI is InChI=1S/C14H15BrN2/c1-10-7-8-16-9-14(10)17-11(2)12-5-3-4-6-13(12)15/h3-9,11,17H,1-2H3. The Kier molecular flexibility index (Phi) is 3.79. The molecule has 1 heterocycles. The summed E-state index contributed by atoms with van der Waals surface area (Å²) in [6, 6.07) is 10.5. The van der Waals surface area contributed by atoms with Crippen molar-refractivity contribution in [3.8, 4) is 0 Å². The topological polar surface area (TPSA) is 24.9 Å². The summed E-state index contributed by atoms with van der Waals surface area (Å²) >= 11 is 3.57. The molecule has 1 N–H and O–H groups in total. The lowest BCUT2D eigenvalue weighted by molar-refractivity contribution is 0.874. The van der Waals surface area contributed by atoms with Crippen molar-refractivity contribution >= 4 is 21.6 Å². The lowest BCUT2D eigenvalue weighted by Crippen LogP contribution is -2.08. The second kappa shape index (κ2) is 5.32. The quantitative estimate of drug-likeness (QED) is 0.910. The van der Waals surface area contributed by atoms with Crippen LogP contribution in [0.2, 0.25) is 0 Å². The maximum absolute atomic E-state index is 4.14. The molecule has 17 heavy (non-hydrogen) atoms. The predicted molar refractivity (Wildman–Crippen MR) is 75.2 cm³/mol. The van der Waals surface area contributed by atoms with E-state index in [1.807, 2.05) is 30.6 Å². The van der Waals surface area contributed by atoms with Gasteiger partial charge >= 0.3 is 0 Å². The Morgan fingerprint density at radius 2 is 2.00 bits per heavy atom. The van der Waals surface area contributed by atoms with Gasteiger partial charge in [0.2, 0.25) is 0 Å². The van der Waals surface area contributed by atoms with E-state index in [4.69, 9.17) is 0 Å². The minimum atomic E-state index is 0.244. The van der Waals surface area contributed by atoms with Crippen LogP contribution in [0, 0.1) is 6.92 Å². The van der Waals surface area contributed by atoms with Crippen LogP contribution in [0.4, 0.5) is 5.69 Å². The number of halogens is 1. The normalized spacial score (nSPS) is 12.2. The van der Waals surface area contributed by atoms with Gasteiger partial charge in [-0.05, 0) is 37.1 Å². The van der Waals surface area contributed by atoms with Gasteiger partial charge in [-0.25, -0.2) is 0 Å². The first-order chi connectivity index (χ1) is 8.18. The molecule has 0 spiro atoms. The fourth-order valence-corrected chi connectivity index (χ4v) is 2.38. The van der Waals surface area contributed by atoms with Gasteiger partial charge in [0.15, 0.2) is 0 Å².